The van der Waals surface area contributed by atoms with Gasteiger partial charge >= 0.3 is 5.97 Å². The fourth-order valence-electron chi connectivity index (χ4n) is 5.19. The molecule has 3 aliphatic carbocycles. The zero-order chi connectivity index (χ0) is 21.8. The Morgan fingerprint density at radius 3 is 1.61 bits per heavy atom. The lowest BCUT2D eigenvalue weighted by Crippen LogP contribution is -2.61. The lowest BCUT2D eigenvalue weighted by atomic mass is 9.53. The summed E-state index contributed by atoms with van der Waals surface area (Å²) in [5.74, 6) is -3.14. The number of alkyl halides is 2. The van der Waals surface area contributed by atoms with E-state index in [1.165, 1.54) is 0 Å². The van der Waals surface area contributed by atoms with Crippen LogP contribution < -0.4 is 5.32 Å². The molecule has 4 nitrogen and oxygen atoms in total. The number of rotatable bonds is 4. The third-order valence-corrected chi connectivity index (χ3v) is 9.17. The van der Waals surface area contributed by atoms with Crippen molar-refractivity contribution in [2.75, 3.05) is 0 Å². The molecule has 0 aliphatic heterocycles. The molecule has 6 heteroatoms. The molecule has 156 valence electrons. The highest BCUT2D eigenvalue weighted by atomic mass is 79.9. The van der Waals surface area contributed by atoms with Crippen molar-refractivity contribution in [2.45, 2.75) is 15.2 Å². The highest BCUT2D eigenvalue weighted by Gasteiger charge is 2.68. The van der Waals surface area contributed by atoms with Gasteiger partial charge in [-0.1, -0.05) is 111 Å². The van der Waals surface area contributed by atoms with Crippen LogP contribution in [0.25, 0.3) is 0 Å². The number of hydrogen-bond acceptors (Lipinski definition) is 2. The van der Waals surface area contributed by atoms with Crippen LogP contribution in [0.5, 0.6) is 0 Å². The monoisotopic (exact) mass is 539 g/mol. The number of benzene rings is 3. The Hall–Kier alpha value is -2.44. The number of carbonyl (C=O) groups excluding carboxylic acids is 1. The molecule has 0 unspecified atom stereocenters. The molecule has 2 atom stereocenters. The van der Waals surface area contributed by atoms with E-state index in [1.807, 2.05) is 78.9 Å². The standard InChI is InChI=1S/C25H19Br2NO3/c26-24-16-10-4-6-12-18(16)25(27,19-13-7-5-11-17(19)24)21(23(30)31)20(24)22(29)28-14-15-8-2-1-3-9-15/h1-13,20-21H,14H2,(H,28,29)(H,30,31)/t20-,21+,24?,25?/m1/s1. The van der Waals surface area contributed by atoms with E-state index in [0.717, 1.165) is 27.8 Å². The largest absolute Gasteiger partial charge is 0.481 e. The number of carboxylic acid groups (broad SMARTS) is 1. The molecule has 0 saturated heterocycles. The number of carbonyl (C=O) groups is 2. The molecule has 2 N–H and O–H groups in total. The Morgan fingerprint density at radius 2 is 1.16 bits per heavy atom. The van der Waals surface area contributed by atoms with E-state index in [0.29, 0.717) is 6.54 Å². The minimum atomic E-state index is -1.01. The van der Waals surface area contributed by atoms with Crippen LogP contribution in [0.4, 0.5) is 0 Å². The quantitative estimate of drug-likeness (QED) is 0.461. The van der Waals surface area contributed by atoms with Gasteiger partial charge in [0, 0.05) is 6.54 Å². The SMILES string of the molecule is O=C(O)[C@@H]1[C@H](C(=O)NCc2ccccc2)C2(Br)c3ccccc3C1(Br)c1ccccc12. The number of carboxylic acids is 1. The van der Waals surface area contributed by atoms with Gasteiger partial charge in [0.25, 0.3) is 0 Å². The van der Waals surface area contributed by atoms with Gasteiger partial charge in [-0.25, -0.2) is 0 Å². The molecule has 2 bridgehead atoms. The summed E-state index contributed by atoms with van der Waals surface area (Å²) in [6.45, 7) is 0.337. The first-order valence-corrected chi connectivity index (χ1v) is 11.6. The third kappa shape index (κ3) is 2.77. The maximum Gasteiger partial charge on any atom is 0.309 e. The molecule has 3 aromatic carbocycles. The first-order chi connectivity index (χ1) is 14.9. The Bertz CT molecular complexity index is 1150. The minimum Gasteiger partial charge on any atom is -0.481 e. The van der Waals surface area contributed by atoms with E-state index >= 15 is 0 Å². The van der Waals surface area contributed by atoms with Crippen molar-refractivity contribution in [1.82, 2.24) is 5.32 Å². The number of nitrogens with one attached hydrogen (secondary N) is 1. The molecule has 3 aromatic rings. The lowest BCUT2D eigenvalue weighted by molar-refractivity contribution is -0.150. The van der Waals surface area contributed by atoms with Crippen molar-refractivity contribution < 1.29 is 14.7 Å². The first kappa shape index (κ1) is 20.5. The Labute approximate surface area is 196 Å². The van der Waals surface area contributed by atoms with Gasteiger partial charge in [-0.05, 0) is 27.8 Å². The van der Waals surface area contributed by atoms with Gasteiger partial charge in [0.15, 0.2) is 0 Å². The van der Waals surface area contributed by atoms with Gasteiger partial charge in [0.1, 0.15) is 0 Å². The average molecular weight is 541 g/mol. The predicted molar refractivity (Wildman–Crippen MR) is 125 cm³/mol. The van der Waals surface area contributed by atoms with Gasteiger partial charge in [-0.3, -0.25) is 9.59 Å². The smallest absolute Gasteiger partial charge is 0.309 e. The van der Waals surface area contributed by atoms with Crippen molar-refractivity contribution in [3.63, 3.8) is 0 Å². The van der Waals surface area contributed by atoms with Crippen LogP contribution in [-0.2, 0) is 24.8 Å². The highest BCUT2D eigenvalue weighted by Crippen LogP contribution is 2.68. The molecular formula is C25H19Br2NO3. The molecule has 3 aliphatic rings. The van der Waals surface area contributed by atoms with Crippen molar-refractivity contribution in [2.24, 2.45) is 11.8 Å². The molecule has 1 amide bonds. The molecule has 6 rings (SSSR count). The minimum absolute atomic E-state index is 0.291. The summed E-state index contributed by atoms with van der Waals surface area (Å²) >= 11 is 7.76. The molecule has 0 radical (unpaired) electrons. The number of aliphatic carboxylic acids is 1. The topological polar surface area (TPSA) is 66.4 Å². The van der Waals surface area contributed by atoms with Crippen LogP contribution in [0.3, 0.4) is 0 Å². The predicted octanol–water partition coefficient (Wildman–Crippen LogP) is 4.92. The second-order valence-corrected chi connectivity index (χ2v) is 10.5. The summed E-state index contributed by atoms with van der Waals surface area (Å²) in [7, 11) is 0. The van der Waals surface area contributed by atoms with E-state index < -0.39 is 26.5 Å². The highest BCUT2D eigenvalue weighted by molar-refractivity contribution is 9.10. The number of hydrogen-bond donors (Lipinski definition) is 2. The van der Waals surface area contributed by atoms with Crippen molar-refractivity contribution in [3.05, 3.63) is 107 Å². The van der Waals surface area contributed by atoms with Crippen molar-refractivity contribution in [1.29, 1.82) is 0 Å². The molecule has 0 fully saturated rings. The Kier molecular flexibility index (Phi) is 4.83. The second kappa shape index (κ2) is 7.31. The zero-order valence-corrected chi connectivity index (χ0v) is 19.6. The number of halogens is 2. The number of amides is 1. The summed E-state index contributed by atoms with van der Waals surface area (Å²) in [6, 6.07) is 25.1. The van der Waals surface area contributed by atoms with Gasteiger partial charge in [0.05, 0.1) is 20.5 Å². The van der Waals surface area contributed by atoms with Crippen LogP contribution in [0.2, 0.25) is 0 Å². The summed E-state index contributed by atoms with van der Waals surface area (Å²) in [5.41, 5.74) is 4.56. The van der Waals surface area contributed by atoms with E-state index in [9.17, 15) is 14.7 Å². The molecule has 0 saturated carbocycles. The van der Waals surface area contributed by atoms with Gasteiger partial charge in [0.2, 0.25) is 5.91 Å². The van der Waals surface area contributed by atoms with Crippen molar-refractivity contribution >= 4 is 43.7 Å². The fraction of sp³-hybridized carbons (Fsp3) is 0.200. The Morgan fingerprint density at radius 1 is 0.742 bits per heavy atom. The fourth-order valence-corrected chi connectivity index (χ4v) is 7.51. The van der Waals surface area contributed by atoms with Gasteiger partial charge in [-0.15, -0.1) is 0 Å². The maximum atomic E-state index is 13.6. The first-order valence-electron chi connectivity index (χ1n) is 10.0. The molecule has 0 aromatic heterocycles. The second-order valence-electron chi connectivity index (χ2n) is 8.01. The third-order valence-electron chi connectivity index (χ3n) is 6.47. The van der Waals surface area contributed by atoms with Crippen LogP contribution in [-0.4, -0.2) is 17.0 Å². The van der Waals surface area contributed by atoms with Crippen LogP contribution in [0.1, 0.15) is 27.8 Å². The summed E-state index contributed by atoms with van der Waals surface area (Å²) in [4.78, 5) is 26.3. The van der Waals surface area contributed by atoms with E-state index in [2.05, 4.69) is 37.2 Å². The summed E-state index contributed by atoms with van der Waals surface area (Å²) < 4.78 is -1.95. The van der Waals surface area contributed by atoms with Gasteiger partial charge < -0.3 is 10.4 Å². The lowest BCUT2D eigenvalue weighted by Gasteiger charge is -2.57. The number of fused-ring (bicyclic) bond motifs is 1. The average Bonchev–Trinajstić information content (AvgIpc) is 2.79. The van der Waals surface area contributed by atoms with Crippen LogP contribution in [0.15, 0.2) is 78.9 Å². The van der Waals surface area contributed by atoms with Crippen LogP contribution in [0, 0.1) is 11.8 Å². The molecule has 31 heavy (non-hydrogen) atoms. The van der Waals surface area contributed by atoms with E-state index in [1.54, 1.807) is 0 Å². The Balaban J connectivity index is 1.69. The van der Waals surface area contributed by atoms with E-state index in [-0.39, 0.29) is 5.91 Å². The maximum absolute atomic E-state index is 13.6. The normalized spacial score (nSPS) is 27.8. The zero-order valence-electron chi connectivity index (χ0n) is 16.4. The summed E-state index contributed by atoms with van der Waals surface area (Å²) in [5, 5.41) is 13.4. The molecule has 0 spiro atoms. The summed E-state index contributed by atoms with van der Waals surface area (Å²) in [6.07, 6.45) is 0. The van der Waals surface area contributed by atoms with Crippen LogP contribution >= 0.6 is 31.9 Å². The molecule has 0 heterocycles. The van der Waals surface area contributed by atoms with E-state index in [4.69, 9.17) is 0 Å². The van der Waals surface area contributed by atoms with Gasteiger partial charge in [-0.2, -0.15) is 0 Å². The van der Waals surface area contributed by atoms with Crippen molar-refractivity contribution in [3.8, 4) is 0 Å². The molecular weight excluding hydrogens is 522 g/mol.